The van der Waals surface area contributed by atoms with Gasteiger partial charge in [-0.05, 0) is 25.5 Å². The van der Waals surface area contributed by atoms with Crippen molar-refractivity contribution in [3.63, 3.8) is 0 Å². The molecule has 2 rings (SSSR count). The Bertz CT molecular complexity index is 624. The van der Waals surface area contributed by atoms with Crippen molar-refractivity contribution < 1.29 is 14.6 Å². The van der Waals surface area contributed by atoms with Crippen LogP contribution in [-0.4, -0.2) is 46.8 Å². The van der Waals surface area contributed by atoms with Crippen molar-refractivity contribution in [2.24, 2.45) is 0 Å². The van der Waals surface area contributed by atoms with Gasteiger partial charge in [-0.1, -0.05) is 13.0 Å². The maximum atomic E-state index is 11.7. The number of carbonyl (C=O) groups is 1. The SMILES string of the molecule is CCC(C)N(CCOC)c1nc2ccccn2c1C(=O)O. The molecule has 0 saturated carbocycles. The Morgan fingerprint density at radius 1 is 1.52 bits per heavy atom. The maximum Gasteiger partial charge on any atom is 0.356 e. The van der Waals surface area contributed by atoms with Crippen LogP contribution in [0.5, 0.6) is 0 Å². The summed E-state index contributed by atoms with van der Waals surface area (Å²) in [7, 11) is 1.64. The van der Waals surface area contributed by atoms with Crippen molar-refractivity contribution in [2.45, 2.75) is 26.3 Å². The Labute approximate surface area is 124 Å². The molecule has 0 radical (unpaired) electrons. The molecule has 1 unspecified atom stereocenters. The van der Waals surface area contributed by atoms with Gasteiger partial charge in [-0.15, -0.1) is 0 Å². The molecule has 2 heterocycles. The molecule has 6 heteroatoms. The number of ether oxygens (including phenoxy) is 1. The second kappa shape index (κ2) is 6.58. The summed E-state index contributed by atoms with van der Waals surface area (Å²) in [4.78, 5) is 18.2. The number of methoxy groups -OCH3 is 1. The molecule has 0 aliphatic heterocycles. The van der Waals surface area contributed by atoms with Crippen LogP contribution in [0.25, 0.3) is 5.65 Å². The number of carboxylic acids is 1. The monoisotopic (exact) mass is 291 g/mol. The highest BCUT2D eigenvalue weighted by Crippen LogP contribution is 2.24. The van der Waals surface area contributed by atoms with Crippen LogP contribution in [0.1, 0.15) is 30.8 Å². The van der Waals surface area contributed by atoms with E-state index in [0.29, 0.717) is 24.6 Å². The minimum absolute atomic E-state index is 0.183. The van der Waals surface area contributed by atoms with Crippen molar-refractivity contribution in [1.29, 1.82) is 0 Å². The summed E-state index contributed by atoms with van der Waals surface area (Å²) in [5.41, 5.74) is 0.831. The van der Waals surface area contributed by atoms with Gasteiger partial charge in [0.1, 0.15) is 5.65 Å². The first kappa shape index (κ1) is 15.3. The van der Waals surface area contributed by atoms with E-state index in [1.807, 2.05) is 11.0 Å². The summed E-state index contributed by atoms with van der Waals surface area (Å²) in [5.74, 6) is -0.477. The number of imidazole rings is 1. The van der Waals surface area contributed by atoms with E-state index < -0.39 is 5.97 Å². The first-order valence-electron chi connectivity index (χ1n) is 7.06. The number of anilines is 1. The van der Waals surface area contributed by atoms with E-state index in [-0.39, 0.29) is 11.7 Å². The highest BCUT2D eigenvalue weighted by molar-refractivity contribution is 5.93. The summed E-state index contributed by atoms with van der Waals surface area (Å²) >= 11 is 0. The average molecular weight is 291 g/mol. The first-order valence-corrected chi connectivity index (χ1v) is 7.06. The summed E-state index contributed by atoms with van der Waals surface area (Å²) in [5, 5.41) is 9.56. The fourth-order valence-electron chi connectivity index (χ4n) is 2.33. The van der Waals surface area contributed by atoms with Gasteiger partial charge in [-0.2, -0.15) is 0 Å². The largest absolute Gasteiger partial charge is 0.476 e. The summed E-state index contributed by atoms with van der Waals surface area (Å²) in [6.07, 6.45) is 2.62. The molecule has 0 fully saturated rings. The molecule has 0 aliphatic rings. The van der Waals surface area contributed by atoms with Gasteiger partial charge in [-0.3, -0.25) is 4.40 Å². The van der Waals surface area contributed by atoms with Crippen LogP contribution in [0.15, 0.2) is 24.4 Å². The number of hydrogen-bond acceptors (Lipinski definition) is 4. The molecule has 0 saturated heterocycles. The van der Waals surface area contributed by atoms with Crippen molar-refractivity contribution in [3.8, 4) is 0 Å². The minimum atomic E-state index is -0.977. The third-order valence-corrected chi connectivity index (χ3v) is 3.65. The average Bonchev–Trinajstić information content (AvgIpc) is 2.86. The predicted octanol–water partition coefficient (Wildman–Crippen LogP) is 2.28. The van der Waals surface area contributed by atoms with E-state index in [4.69, 9.17) is 4.74 Å². The Kier molecular flexibility index (Phi) is 4.80. The second-order valence-electron chi connectivity index (χ2n) is 4.96. The summed E-state index contributed by atoms with van der Waals surface area (Å²) in [6, 6.07) is 5.64. The van der Waals surface area contributed by atoms with Gasteiger partial charge in [0.05, 0.1) is 6.61 Å². The Balaban J connectivity index is 2.55. The van der Waals surface area contributed by atoms with Gasteiger partial charge in [-0.25, -0.2) is 9.78 Å². The van der Waals surface area contributed by atoms with Gasteiger partial charge in [0.2, 0.25) is 0 Å². The molecule has 6 nitrogen and oxygen atoms in total. The van der Waals surface area contributed by atoms with Gasteiger partial charge < -0.3 is 14.7 Å². The number of fused-ring (bicyclic) bond motifs is 1. The van der Waals surface area contributed by atoms with Crippen LogP contribution in [0.2, 0.25) is 0 Å². The lowest BCUT2D eigenvalue weighted by molar-refractivity contribution is 0.0690. The topological polar surface area (TPSA) is 67.1 Å². The molecule has 1 N–H and O–H groups in total. The molecule has 0 spiro atoms. The van der Waals surface area contributed by atoms with Crippen LogP contribution in [0.3, 0.4) is 0 Å². The standard InChI is InChI=1S/C15H21N3O3/c1-4-11(2)17(9-10-21-3)14-13(15(19)20)18-8-6-5-7-12(18)16-14/h5-8,11H,4,9-10H2,1-3H3,(H,19,20). The highest BCUT2D eigenvalue weighted by atomic mass is 16.5. The summed E-state index contributed by atoms with van der Waals surface area (Å²) in [6.45, 7) is 5.26. The normalized spacial score (nSPS) is 12.5. The van der Waals surface area contributed by atoms with Crippen LogP contribution >= 0.6 is 0 Å². The van der Waals surface area contributed by atoms with E-state index in [9.17, 15) is 9.90 Å². The zero-order chi connectivity index (χ0) is 15.4. The van der Waals surface area contributed by atoms with E-state index in [1.165, 1.54) is 0 Å². The number of rotatable bonds is 7. The minimum Gasteiger partial charge on any atom is -0.476 e. The third kappa shape index (κ3) is 3.00. The van der Waals surface area contributed by atoms with Gasteiger partial charge in [0.25, 0.3) is 0 Å². The lowest BCUT2D eigenvalue weighted by atomic mass is 10.2. The number of pyridine rings is 1. The van der Waals surface area contributed by atoms with Crippen molar-refractivity contribution >= 4 is 17.4 Å². The molecular formula is C15H21N3O3. The number of hydrogen-bond donors (Lipinski definition) is 1. The fraction of sp³-hybridized carbons (Fsp3) is 0.467. The molecule has 0 amide bonds. The first-order chi connectivity index (χ1) is 10.1. The van der Waals surface area contributed by atoms with Crippen LogP contribution in [0, 0.1) is 0 Å². The molecule has 1 atom stereocenters. The molecule has 0 aromatic carbocycles. The molecular weight excluding hydrogens is 270 g/mol. The fourth-order valence-corrected chi connectivity index (χ4v) is 2.33. The third-order valence-electron chi connectivity index (χ3n) is 3.65. The predicted molar refractivity (Wildman–Crippen MR) is 81.1 cm³/mol. The molecule has 0 bridgehead atoms. The number of aromatic nitrogens is 2. The lowest BCUT2D eigenvalue weighted by Gasteiger charge is -2.28. The van der Waals surface area contributed by atoms with E-state index in [0.717, 1.165) is 6.42 Å². The highest BCUT2D eigenvalue weighted by Gasteiger charge is 2.25. The van der Waals surface area contributed by atoms with Crippen molar-refractivity contribution in [1.82, 2.24) is 9.38 Å². The van der Waals surface area contributed by atoms with Gasteiger partial charge in [0, 0.05) is 25.9 Å². The Morgan fingerprint density at radius 3 is 2.90 bits per heavy atom. The molecule has 2 aromatic rings. The number of carboxylic acid groups (broad SMARTS) is 1. The van der Waals surface area contributed by atoms with Crippen LogP contribution in [-0.2, 0) is 4.74 Å². The second-order valence-corrected chi connectivity index (χ2v) is 4.96. The number of aromatic carboxylic acids is 1. The molecule has 2 aromatic heterocycles. The van der Waals surface area contributed by atoms with Crippen molar-refractivity contribution in [3.05, 3.63) is 30.1 Å². The molecule has 0 aliphatic carbocycles. The van der Waals surface area contributed by atoms with E-state index in [2.05, 4.69) is 18.8 Å². The smallest absolute Gasteiger partial charge is 0.356 e. The van der Waals surface area contributed by atoms with E-state index >= 15 is 0 Å². The Morgan fingerprint density at radius 2 is 2.29 bits per heavy atom. The maximum absolute atomic E-state index is 11.7. The van der Waals surface area contributed by atoms with Gasteiger partial charge >= 0.3 is 5.97 Å². The Hall–Kier alpha value is -2.08. The zero-order valence-electron chi connectivity index (χ0n) is 12.6. The molecule has 114 valence electrons. The van der Waals surface area contributed by atoms with Crippen LogP contribution in [0.4, 0.5) is 5.82 Å². The zero-order valence-corrected chi connectivity index (χ0v) is 12.6. The van der Waals surface area contributed by atoms with Crippen LogP contribution < -0.4 is 4.90 Å². The van der Waals surface area contributed by atoms with Crippen molar-refractivity contribution in [2.75, 3.05) is 25.2 Å². The lowest BCUT2D eigenvalue weighted by Crippen LogP contribution is -2.36. The number of nitrogens with zero attached hydrogens (tertiary/aromatic N) is 3. The molecule has 21 heavy (non-hydrogen) atoms. The quantitative estimate of drug-likeness (QED) is 0.847. The van der Waals surface area contributed by atoms with Gasteiger partial charge in [0.15, 0.2) is 11.5 Å². The van der Waals surface area contributed by atoms with E-state index in [1.54, 1.807) is 29.8 Å². The summed E-state index contributed by atoms with van der Waals surface area (Å²) < 4.78 is 6.75.